The Bertz CT molecular complexity index is 1150. The molecule has 6 nitrogen and oxygen atoms in total. The Hall–Kier alpha value is -3.28. The summed E-state index contributed by atoms with van der Waals surface area (Å²) < 4.78 is 13.7. The van der Waals surface area contributed by atoms with Crippen LogP contribution in [0.2, 0.25) is 0 Å². The molecular weight excluding hydrogens is 330 g/mol. The molecule has 0 fully saturated rings. The summed E-state index contributed by atoms with van der Waals surface area (Å²) in [4.78, 5) is 12.1. The molecule has 0 unspecified atom stereocenters. The molecule has 0 aliphatic carbocycles. The molecule has 132 valence electrons. The summed E-state index contributed by atoms with van der Waals surface area (Å²) in [5, 5.41) is 7.74. The van der Waals surface area contributed by atoms with Gasteiger partial charge in [0.15, 0.2) is 5.75 Å². The van der Waals surface area contributed by atoms with Crippen molar-refractivity contribution in [2.24, 2.45) is 0 Å². The number of furan rings is 1. The number of nitrogens with one attached hydrogen (secondary N) is 1. The summed E-state index contributed by atoms with van der Waals surface area (Å²) in [6, 6.07) is 7.33. The molecule has 3 heterocycles. The first-order valence-electron chi connectivity index (χ1n) is 8.36. The van der Waals surface area contributed by atoms with Gasteiger partial charge in [-0.15, -0.1) is 0 Å². The lowest BCUT2D eigenvalue weighted by Gasteiger charge is -2.08. The normalized spacial score (nSPS) is 11.2. The van der Waals surface area contributed by atoms with Crippen LogP contribution < -0.4 is 10.1 Å². The molecule has 4 aromatic rings. The molecule has 4 rings (SSSR count). The van der Waals surface area contributed by atoms with Gasteiger partial charge >= 0.3 is 0 Å². The topological polar surface area (TPSA) is 68.8 Å². The zero-order valence-electron chi connectivity index (χ0n) is 15.1. The lowest BCUT2D eigenvalue weighted by molar-refractivity contribution is 0.0963. The average molecular weight is 349 g/mol. The van der Waals surface area contributed by atoms with Crippen LogP contribution in [0.1, 0.15) is 27.2 Å². The maximum absolute atomic E-state index is 12.1. The quantitative estimate of drug-likeness (QED) is 0.603. The van der Waals surface area contributed by atoms with Gasteiger partial charge in [0.1, 0.15) is 22.6 Å². The first-order chi connectivity index (χ1) is 12.5. The second kappa shape index (κ2) is 5.91. The van der Waals surface area contributed by atoms with Crippen LogP contribution in [0.15, 0.2) is 41.1 Å². The largest absolute Gasteiger partial charge is 0.460 e. The highest BCUT2D eigenvalue weighted by Crippen LogP contribution is 2.33. The summed E-state index contributed by atoms with van der Waals surface area (Å²) in [6.45, 7) is 5.88. The zero-order valence-corrected chi connectivity index (χ0v) is 15.1. The van der Waals surface area contributed by atoms with E-state index in [1.165, 1.54) is 0 Å². The van der Waals surface area contributed by atoms with Crippen LogP contribution in [0.3, 0.4) is 0 Å². The summed E-state index contributed by atoms with van der Waals surface area (Å²) in [5.74, 6) is 1.78. The van der Waals surface area contributed by atoms with Crippen LogP contribution in [-0.2, 0) is 0 Å². The fraction of sp³-hybridized carbons (Fsp3) is 0.200. The monoisotopic (exact) mass is 349 g/mol. The summed E-state index contributed by atoms with van der Waals surface area (Å²) >= 11 is 0. The van der Waals surface area contributed by atoms with Gasteiger partial charge in [0.2, 0.25) is 0 Å². The predicted octanol–water partition coefficient (Wildman–Crippen LogP) is 4.16. The van der Waals surface area contributed by atoms with Crippen molar-refractivity contribution in [3.05, 3.63) is 59.1 Å². The maximum Gasteiger partial charge on any atom is 0.255 e. The molecule has 0 atom stereocenters. The van der Waals surface area contributed by atoms with E-state index in [2.05, 4.69) is 10.4 Å². The first-order valence-corrected chi connectivity index (χ1v) is 8.36. The minimum absolute atomic E-state index is 0.162. The molecule has 0 aliphatic heterocycles. The number of carbonyl (C=O) groups is 1. The van der Waals surface area contributed by atoms with Crippen LogP contribution >= 0.6 is 0 Å². The van der Waals surface area contributed by atoms with E-state index in [0.29, 0.717) is 22.7 Å². The predicted molar refractivity (Wildman–Crippen MR) is 99.1 cm³/mol. The number of rotatable bonds is 3. The number of amides is 1. The Morgan fingerprint density at radius 1 is 1.23 bits per heavy atom. The van der Waals surface area contributed by atoms with Crippen molar-refractivity contribution in [1.82, 2.24) is 14.9 Å². The summed E-state index contributed by atoms with van der Waals surface area (Å²) in [6.07, 6.45) is 3.69. The van der Waals surface area contributed by atoms with Gasteiger partial charge in [-0.25, -0.2) is 4.52 Å². The fourth-order valence-electron chi connectivity index (χ4n) is 3.22. The number of hydrogen-bond acceptors (Lipinski definition) is 4. The van der Waals surface area contributed by atoms with Crippen LogP contribution in [0.25, 0.3) is 16.5 Å². The molecule has 0 saturated carbocycles. The molecule has 26 heavy (non-hydrogen) atoms. The molecular formula is C20H19N3O3. The number of benzene rings is 1. The van der Waals surface area contributed by atoms with Gasteiger partial charge < -0.3 is 14.5 Å². The van der Waals surface area contributed by atoms with Crippen LogP contribution in [-0.4, -0.2) is 22.6 Å². The van der Waals surface area contributed by atoms with E-state index in [0.717, 1.165) is 27.8 Å². The van der Waals surface area contributed by atoms with E-state index < -0.39 is 0 Å². The van der Waals surface area contributed by atoms with Crippen molar-refractivity contribution >= 4 is 22.4 Å². The van der Waals surface area contributed by atoms with E-state index in [4.69, 9.17) is 9.15 Å². The van der Waals surface area contributed by atoms with Crippen LogP contribution in [0.5, 0.6) is 11.5 Å². The average Bonchev–Trinajstić information content (AvgIpc) is 3.10. The number of fused-ring (bicyclic) bond motifs is 2. The van der Waals surface area contributed by atoms with E-state index in [1.54, 1.807) is 26.2 Å². The molecule has 0 saturated heterocycles. The van der Waals surface area contributed by atoms with E-state index >= 15 is 0 Å². The summed E-state index contributed by atoms with van der Waals surface area (Å²) in [5.41, 5.74) is 4.39. The zero-order chi connectivity index (χ0) is 18.4. The SMILES string of the molecule is CNC(=O)c1c(C)oc2cc(Oc3ccnn4cc(C)c(C)c34)ccc12. The molecule has 0 spiro atoms. The Morgan fingerprint density at radius 3 is 2.81 bits per heavy atom. The van der Waals surface area contributed by atoms with Crippen LogP contribution in [0, 0.1) is 20.8 Å². The number of nitrogens with zero attached hydrogens (tertiary/aromatic N) is 2. The minimum Gasteiger partial charge on any atom is -0.460 e. The van der Waals surface area contributed by atoms with Gasteiger partial charge in [-0.1, -0.05) is 0 Å². The molecule has 1 aromatic carbocycles. The standard InChI is InChI=1S/C20H19N3O3/c1-11-10-23-19(12(11)2)16(7-8-22-23)26-14-5-6-15-17(9-14)25-13(3)18(15)20(24)21-4/h5-10H,1-4H3,(H,21,24). The molecule has 0 bridgehead atoms. The van der Waals surface area contributed by atoms with Gasteiger partial charge in [0.25, 0.3) is 5.91 Å². The number of aryl methyl sites for hydroxylation is 3. The second-order valence-electron chi connectivity index (χ2n) is 6.30. The van der Waals surface area contributed by atoms with Crippen molar-refractivity contribution in [1.29, 1.82) is 0 Å². The van der Waals surface area contributed by atoms with Gasteiger partial charge in [0, 0.05) is 30.8 Å². The third-order valence-electron chi connectivity index (χ3n) is 4.66. The van der Waals surface area contributed by atoms with Crippen molar-refractivity contribution in [2.45, 2.75) is 20.8 Å². The van der Waals surface area contributed by atoms with Gasteiger partial charge in [0.05, 0.1) is 11.8 Å². The Balaban J connectivity index is 1.78. The number of aromatic nitrogens is 2. The van der Waals surface area contributed by atoms with Gasteiger partial charge in [-0.2, -0.15) is 5.10 Å². The van der Waals surface area contributed by atoms with Crippen molar-refractivity contribution in [3.63, 3.8) is 0 Å². The molecule has 1 amide bonds. The molecule has 6 heteroatoms. The molecule has 1 N–H and O–H groups in total. The lowest BCUT2D eigenvalue weighted by Crippen LogP contribution is -2.18. The van der Waals surface area contributed by atoms with E-state index in [9.17, 15) is 4.79 Å². The van der Waals surface area contributed by atoms with Crippen molar-refractivity contribution < 1.29 is 13.9 Å². The Labute approximate surface area is 150 Å². The third kappa shape index (κ3) is 2.42. The van der Waals surface area contributed by atoms with Gasteiger partial charge in [-0.05, 0) is 44.0 Å². The highest BCUT2D eigenvalue weighted by Gasteiger charge is 2.18. The van der Waals surface area contributed by atoms with Gasteiger partial charge in [-0.3, -0.25) is 4.79 Å². The van der Waals surface area contributed by atoms with E-state index in [1.807, 2.05) is 42.8 Å². The highest BCUT2D eigenvalue weighted by molar-refractivity contribution is 6.07. The van der Waals surface area contributed by atoms with Crippen molar-refractivity contribution in [3.8, 4) is 11.5 Å². The number of hydrogen-bond donors (Lipinski definition) is 1. The number of ether oxygens (including phenoxy) is 1. The third-order valence-corrected chi connectivity index (χ3v) is 4.66. The second-order valence-corrected chi connectivity index (χ2v) is 6.30. The molecule has 0 aliphatic rings. The van der Waals surface area contributed by atoms with Crippen molar-refractivity contribution in [2.75, 3.05) is 7.05 Å². The van der Waals surface area contributed by atoms with E-state index in [-0.39, 0.29) is 5.91 Å². The maximum atomic E-state index is 12.1. The Kier molecular flexibility index (Phi) is 3.68. The fourth-order valence-corrected chi connectivity index (χ4v) is 3.22. The van der Waals surface area contributed by atoms with Crippen LogP contribution in [0.4, 0.5) is 0 Å². The first kappa shape index (κ1) is 16.2. The smallest absolute Gasteiger partial charge is 0.255 e. The Morgan fingerprint density at radius 2 is 2.04 bits per heavy atom. The minimum atomic E-state index is -0.162. The molecule has 3 aromatic heterocycles. The lowest BCUT2D eigenvalue weighted by atomic mass is 10.1. The molecule has 0 radical (unpaired) electrons. The number of carbonyl (C=O) groups excluding carboxylic acids is 1. The highest BCUT2D eigenvalue weighted by atomic mass is 16.5. The summed E-state index contributed by atoms with van der Waals surface area (Å²) in [7, 11) is 1.61.